The van der Waals surface area contributed by atoms with Crippen LogP contribution >= 0.6 is 0 Å². The molecule has 2 aromatic carbocycles. The van der Waals surface area contributed by atoms with Gasteiger partial charge in [-0.2, -0.15) is 0 Å². The number of methoxy groups -OCH3 is 2. The Labute approximate surface area is 232 Å². The van der Waals surface area contributed by atoms with Crippen LogP contribution in [0.1, 0.15) is 37.3 Å². The quantitative estimate of drug-likeness (QED) is 0.119. The van der Waals surface area contributed by atoms with Gasteiger partial charge in [-0.3, -0.25) is 10.1 Å². The molecule has 1 heterocycles. The summed E-state index contributed by atoms with van der Waals surface area (Å²) < 4.78 is 26.4. The van der Waals surface area contributed by atoms with Gasteiger partial charge >= 0.3 is 11.9 Å². The maximum atomic E-state index is 13.3. The first-order chi connectivity index (χ1) is 19.3. The lowest BCUT2D eigenvalue weighted by atomic mass is 9.80. The fourth-order valence-corrected chi connectivity index (χ4v) is 4.37. The van der Waals surface area contributed by atoms with E-state index in [4.69, 9.17) is 23.7 Å². The molecule has 2 aromatic rings. The first-order valence-corrected chi connectivity index (χ1v) is 12.7. The zero-order chi connectivity index (χ0) is 29.1. The Morgan fingerprint density at radius 1 is 0.950 bits per heavy atom. The summed E-state index contributed by atoms with van der Waals surface area (Å²) in [5, 5.41) is 14.4. The van der Waals surface area contributed by atoms with Crippen LogP contribution in [0.5, 0.6) is 5.75 Å². The molecule has 0 radical (unpaired) electrons. The zero-order valence-corrected chi connectivity index (χ0v) is 23.1. The van der Waals surface area contributed by atoms with Crippen molar-refractivity contribution in [3.05, 3.63) is 92.3 Å². The Kier molecular flexibility index (Phi) is 11.2. The highest BCUT2D eigenvalue weighted by atomic mass is 16.7. The molecule has 11 nitrogen and oxygen atoms in total. The molecule has 1 N–H and O–H groups in total. The lowest BCUT2D eigenvalue weighted by Gasteiger charge is -2.30. The molecule has 1 aliphatic heterocycles. The Balaban J connectivity index is 1.64. The third kappa shape index (κ3) is 7.90. The number of nitro groups is 1. The summed E-state index contributed by atoms with van der Waals surface area (Å²) in [6.07, 6.45) is 1.19. The molecular formula is C29H34N2O9. The maximum absolute atomic E-state index is 13.3. The summed E-state index contributed by atoms with van der Waals surface area (Å²) in [7, 11) is 2.82. The van der Waals surface area contributed by atoms with E-state index < -0.39 is 22.8 Å². The van der Waals surface area contributed by atoms with E-state index in [9.17, 15) is 19.7 Å². The van der Waals surface area contributed by atoms with Crippen molar-refractivity contribution in [3.63, 3.8) is 0 Å². The van der Waals surface area contributed by atoms with Crippen molar-refractivity contribution in [1.82, 2.24) is 5.32 Å². The van der Waals surface area contributed by atoms with Gasteiger partial charge < -0.3 is 29.0 Å². The van der Waals surface area contributed by atoms with Crippen molar-refractivity contribution in [3.8, 4) is 5.75 Å². The van der Waals surface area contributed by atoms with E-state index in [-0.39, 0.29) is 30.2 Å². The molecule has 0 fully saturated rings. The van der Waals surface area contributed by atoms with Crippen LogP contribution in [0.25, 0.3) is 0 Å². The predicted octanol–water partition coefficient (Wildman–Crippen LogP) is 4.18. The van der Waals surface area contributed by atoms with Gasteiger partial charge in [-0.05, 0) is 43.5 Å². The fourth-order valence-electron chi connectivity index (χ4n) is 4.37. The number of ether oxygens (including phenoxy) is 5. The van der Waals surface area contributed by atoms with E-state index in [1.165, 1.54) is 25.3 Å². The van der Waals surface area contributed by atoms with Crippen molar-refractivity contribution < 1.29 is 38.2 Å². The Morgan fingerprint density at radius 3 is 2.30 bits per heavy atom. The van der Waals surface area contributed by atoms with Gasteiger partial charge in [-0.25, -0.2) is 9.59 Å². The van der Waals surface area contributed by atoms with Crippen molar-refractivity contribution in [2.75, 3.05) is 40.8 Å². The summed E-state index contributed by atoms with van der Waals surface area (Å²) in [6.45, 7) is 4.58. The molecule has 0 aliphatic carbocycles. The number of carbonyl (C=O) groups excluding carboxylic acids is 2. The Bertz CT molecular complexity index is 1270. The molecule has 0 aromatic heterocycles. The van der Waals surface area contributed by atoms with E-state index in [0.29, 0.717) is 42.3 Å². The lowest BCUT2D eigenvalue weighted by Crippen LogP contribution is -2.32. The standard InChI is InChI=1S/C29H34N2O9/c1-19-25(28(32)37-4)27(22-7-5-8-23(17-22)31(34)35)26(20(2)30-19)29(33)40-15-6-14-39-24-11-9-21(10-12-24)13-16-38-18-36-3/h5,7-12,17,27,30H,6,13-16,18H2,1-4H3. The molecule has 0 saturated carbocycles. The summed E-state index contributed by atoms with van der Waals surface area (Å²) >= 11 is 0. The van der Waals surface area contributed by atoms with E-state index in [2.05, 4.69) is 5.32 Å². The predicted molar refractivity (Wildman–Crippen MR) is 145 cm³/mol. The van der Waals surface area contributed by atoms with Crippen LogP contribution in [0.3, 0.4) is 0 Å². The van der Waals surface area contributed by atoms with Crippen LogP contribution in [0, 0.1) is 10.1 Å². The Hall–Kier alpha value is -4.22. The normalized spacial score (nSPS) is 14.9. The van der Waals surface area contributed by atoms with Crippen LogP contribution in [0.15, 0.2) is 71.1 Å². The number of non-ortho nitro benzene ring substituents is 1. The molecule has 11 heteroatoms. The second-order valence-corrected chi connectivity index (χ2v) is 9.03. The molecule has 0 amide bonds. The number of nitrogens with zero attached hydrogens (tertiary/aromatic N) is 1. The zero-order valence-electron chi connectivity index (χ0n) is 23.1. The average molecular weight is 555 g/mol. The van der Waals surface area contributed by atoms with Gasteiger partial charge in [-0.1, -0.05) is 24.3 Å². The molecule has 0 saturated heterocycles. The number of esters is 2. The largest absolute Gasteiger partial charge is 0.493 e. The molecule has 1 unspecified atom stereocenters. The van der Waals surface area contributed by atoms with E-state index in [0.717, 1.165) is 12.0 Å². The number of carbonyl (C=O) groups is 2. The molecule has 1 atom stereocenters. The number of nitro benzene ring substituents is 1. The van der Waals surface area contributed by atoms with Gasteiger partial charge in [0, 0.05) is 37.1 Å². The van der Waals surface area contributed by atoms with Gasteiger partial charge in [0.1, 0.15) is 12.5 Å². The molecule has 0 bridgehead atoms. The van der Waals surface area contributed by atoms with Crippen LogP contribution in [-0.2, 0) is 35.0 Å². The van der Waals surface area contributed by atoms with Gasteiger partial charge in [0.2, 0.25) is 0 Å². The minimum atomic E-state index is -0.907. The molecular weight excluding hydrogens is 520 g/mol. The second-order valence-electron chi connectivity index (χ2n) is 9.03. The summed E-state index contributed by atoms with van der Waals surface area (Å²) in [5.41, 5.74) is 2.67. The van der Waals surface area contributed by atoms with E-state index >= 15 is 0 Å². The first-order valence-electron chi connectivity index (χ1n) is 12.7. The number of hydrogen-bond donors (Lipinski definition) is 1. The minimum Gasteiger partial charge on any atom is -0.493 e. The van der Waals surface area contributed by atoms with Crippen molar-refractivity contribution in [1.29, 1.82) is 0 Å². The molecule has 0 spiro atoms. The van der Waals surface area contributed by atoms with Gasteiger partial charge in [0.25, 0.3) is 5.69 Å². The number of nitrogens with one attached hydrogen (secondary N) is 1. The maximum Gasteiger partial charge on any atom is 0.336 e. The third-order valence-electron chi connectivity index (χ3n) is 6.25. The summed E-state index contributed by atoms with van der Waals surface area (Å²) in [4.78, 5) is 36.9. The van der Waals surface area contributed by atoms with Gasteiger partial charge in [0.15, 0.2) is 0 Å². The molecule has 214 valence electrons. The smallest absolute Gasteiger partial charge is 0.336 e. The van der Waals surface area contributed by atoms with Crippen LogP contribution < -0.4 is 10.1 Å². The molecule has 1 aliphatic rings. The number of dihydropyridines is 1. The van der Waals surface area contributed by atoms with Crippen LogP contribution in [0.2, 0.25) is 0 Å². The lowest BCUT2D eigenvalue weighted by molar-refractivity contribution is -0.384. The summed E-state index contributed by atoms with van der Waals surface area (Å²) in [6, 6.07) is 13.5. The number of benzene rings is 2. The highest BCUT2D eigenvalue weighted by molar-refractivity contribution is 5.99. The fraction of sp³-hybridized carbons (Fsp3) is 0.379. The van der Waals surface area contributed by atoms with E-state index in [1.54, 1.807) is 27.0 Å². The highest BCUT2D eigenvalue weighted by Crippen LogP contribution is 2.40. The second kappa shape index (κ2) is 14.8. The first kappa shape index (κ1) is 30.3. The van der Waals surface area contributed by atoms with Crippen molar-refractivity contribution >= 4 is 17.6 Å². The van der Waals surface area contributed by atoms with Crippen LogP contribution in [-0.4, -0.2) is 57.7 Å². The third-order valence-corrected chi connectivity index (χ3v) is 6.25. The van der Waals surface area contributed by atoms with Crippen molar-refractivity contribution in [2.24, 2.45) is 0 Å². The number of allylic oxidation sites excluding steroid dienone is 2. The molecule has 3 rings (SSSR count). The van der Waals surface area contributed by atoms with Crippen LogP contribution in [0.4, 0.5) is 5.69 Å². The van der Waals surface area contributed by atoms with Gasteiger partial charge in [-0.15, -0.1) is 0 Å². The van der Waals surface area contributed by atoms with Gasteiger partial charge in [0.05, 0.1) is 48.9 Å². The SMILES string of the molecule is COCOCCc1ccc(OCCCOC(=O)C2=C(C)NC(C)=C(C(=O)OC)C2c2cccc([N+](=O)[O-])c2)cc1. The number of hydrogen-bond acceptors (Lipinski definition) is 10. The number of rotatable bonds is 14. The minimum absolute atomic E-state index is 0.0719. The van der Waals surface area contributed by atoms with Crippen molar-refractivity contribution in [2.45, 2.75) is 32.6 Å². The average Bonchev–Trinajstić information content (AvgIpc) is 2.95. The Morgan fingerprint density at radius 2 is 1.65 bits per heavy atom. The highest BCUT2D eigenvalue weighted by Gasteiger charge is 2.38. The topological polar surface area (TPSA) is 135 Å². The van der Waals surface area contributed by atoms with E-state index in [1.807, 2.05) is 24.3 Å². The monoisotopic (exact) mass is 554 g/mol. The summed E-state index contributed by atoms with van der Waals surface area (Å²) in [5.74, 6) is -1.51. The molecule has 40 heavy (non-hydrogen) atoms.